The highest BCUT2D eigenvalue weighted by Gasteiger charge is 2.45. The molecule has 2 aromatic heterocycles. The molecule has 1 spiro atoms. The summed E-state index contributed by atoms with van der Waals surface area (Å²) in [6.45, 7) is 3.26. The van der Waals surface area contributed by atoms with Crippen molar-refractivity contribution in [2.45, 2.75) is 31.8 Å². The molecular formula is C17H24N4O2S. The third-order valence-electron chi connectivity index (χ3n) is 5.51. The molecule has 1 amide bonds. The van der Waals surface area contributed by atoms with Crippen molar-refractivity contribution in [2.24, 2.45) is 5.41 Å². The number of aromatic nitrogens is 2. The van der Waals surface area contributed by atoms with Crippen LogP contribution in [0.4, 0.5) is 0 Å². The number of carbonyl (C=O) groups excluding carboxylic acids is 1. The number of rotatable bonds is 2. The van der Waals surface area contributed by atoms with Crippen LogP contribution >= 0.6 is 11.3 Å². The highest BCUT2D eigenvalue weighted by molar-refractivity contribution is 7.15. The van der Waals surface area contributed by atoms with Gasteiger partial charge in [0.1, 0.15) is 0 Å². The van der Waals surface area contributed by atoms with E-state index in [1.165, 1.54) is 0 Å². The maximum atomic E-state index is 12.8. The Bertz CT molecular complexity index is 713. The number of carbonyl (C=O) groups is 1. The van der Waals surface area contributed by atoms with Gasteiger partial charge in [-0.3, -0.25) is 9.20 Å². The lowest BCUT2D eigenvalue weighted by atomic mass is 9.71. The average Bonchev–Trinajstić information content (AvgIpc) is 3.13. The van der Waals surface area contributed by atoms with Crippen LogP contribution < -0.4 is 0 Å². The van der Waals surface area contributed by atoms with Gasteiger partial charge < -0.3 is 14.9 Å². The van der Waals surface area contributed by atoms with Crippen molar-refractivity contribution < 1.29 is 9.90 Å². The fourth-order valence-electron chi connectivity index (χ4n) is 4.27. The maximum Gasteiger partial charge on any atom is 0.228 e. The number of hydrogen-bond acceptors (Lipinski definition) is 5. The minimum absolute atomic E-state index is 0.125. The van der Waals surface area contributed by atoms with E-state index in [4.69, 9.17) is 0 Å². The highest BCUT2D eigenvalue weighted by atomic mass is 32.1. The van der Waals surface area contributed by atoms with Crippen LogP contribution in [0.15, 0.2) is 17.8 Å². The van der Waals surface area contributed by atoms with Gasteiger partial charge in [-0.2, -0.15) is 0 Å². The lowest BCUT2D eigenvalue weighted by molar-refractivity contribution is -0.140. The number of piperidine rings is 2. The molecule has 0 saturated carbocycles. The zero-order valence-corrected chi connectivity index (χ0v) is 14.8. The van der Waals surface area contributed by atoms with Gasteiger partial charge >= 0.3 is 0 Å². The van der Waals surface area contributed by atoms with E-state index in [0.29, 0.717) is 13.0 Å². The van der Waals surface area contributed by atoms with Crippen LogP contribution in [0.1, 0.15) is 25.0 Å². The van der Waals surface area contributed by atoms with Gasteiger partial charge in [0.05, 0.1) is 18.2 Å². The van der Waals surface area contributed by atoms with Crippen molar-refractivity contribution >= 4 is 22.2 Å². The summed E-state index contributed by atoms with van der Waals surface area (Å²) >= 11 is 1.58. The Balaban J connectivity index is 1.47. The standard InChI is InChI=1S/C17H24N4O2S/c1-19-6-3-14(22)17(11-19)4-2-5-21(12-17)15(23)9-13-10-20-7-8-24-16(20)18-13/h7-8,10,14,22H,2-6,9,11-12H2,1H3/t14-,17-/m0/s1. The molecule has 0 bridgehead atoms. The number of aliphatic hydroxyl groups is 1. The van der Waals surface area contributed by atoms with E-state index in [2.05, 4.69) is 16.9 Å². The number of imidazole rings is 1. The van der Waals surface area contributed by atoms with Gasteiger partial charge in [-0.1, -0.05) is 0 Å². The molecule has 0 aliphatic carbocycles. The predicted octanol–water partition coefficient (Wildman–Crippen LogP) is 1.24. The zero-order valence-electron chi connectivity index (χ0n) is 14.0. The van der Waals surface area contributed by atoms with Crippen molar-refractivity contribution in [3.05, 3.63) is 23.5 Å². The Labute approximate surface area is 145 Å². The van der Waals surface area contributed by atoms with E-state index in [1.807, 2.05) is 27.1 Å². The zero-order chi connectivity index (χ0) is 16.7. The Kier molecular flexibility index (Phi) is 4.10. The normalized spacial score (nSPS) is 28.8. The topological polar surface area (TPSA) is 61.1 Å². The van der Waals surface area contributed by atoms with Crippen LogP contribution in [0.25, 0.3) is 4.96 Å². The largest absolute Gasteiger partial charge is 0.392 e. The maximum absolute atomic E-state index is 12.8. The molecule has 1 N–H and O–H groups in total. The number of aliphatic hydroxyl groups excluding tert-OH is 1. The van der Waals surface area contributed by atoms with Gasteiger partial charge in [0.15, 0.2) is 4.96 Å². The molecule has 7 heteroatoms. The van der Waals surface area contributed by atoms with Crippen molar-refractivity contribution in [1.82, 2.24) is 19.2 Å². The summed E-state index contributed by atoms with van der Waals surface area (Å²) in [5.41, 5.74) is 0.669. The summed E-state index contributed by atoms with van der Waals surface area (Å²) in [6, 6.07) is 0. The minimum atomic E-state index is -0.303. The van der Waals surface area contributed by atoms with Crippen LogP contribution in [0.3, 0.4) is 0 Å². The minimum Gasteiger partial charge on any atom is -0.392 e. The van der Waals surface area contributed by atoms with Crippen LogP contribution in [-0.4, -0.2) is 69.5 Å². The second kappa shape index (κ2) is 6.13. The van der Waals surface area contributed by atoms with Crippen LogP contribution in [0.5, 0.6) is 0 Å². The van der Waals surface area contributed by atoms with Crippen molar-refractivity contribution in [2.75, 3.05) is 33.2 Å². The molecule has 0 radical (unpaired) electrons. The molecule has 130 valence electrons. The Morgan fingerprint density at radius 3 is 3.17 bits per heavy atom. The van der Waals surface area contributed by atoms with Gasteiger partial charge in [-0.05, 0) is 26.3 Å². The van der Waals surface area contributed by atoms with Gasteiger partial charge in [0, 0.05) is 49.4 Å². The Morgan fingerprint density at radius 2 is 2.33 bits per heavy atom. The van der Waals surface area contributed by atoms with Crippen molar-refractivity contribution in [3.63, 3.8) is 0 Å². The Morgan fingerprint density at radius 1 is 1.46 bits per heavy atom. The monoisotopic (exact) mass is 348 g/mol. The van der Waals surface area contributed by atoms with Gasteiger partial charge in [-0.15, -0.1) is 11.3 Å². The molecule has 0 aromatic carbocycles. The fraction of sp³-hybridized carbons (Fsp3) is 0.647. The molecule has 2 aliphatic rings. The first kappa shape index (κ1) is 16.1. The third-order valence-corrected chi connectivity index (χ3v) is 6.28. The lowest BCUT2D eigenvalue weighted by Crippen LogP contribution is -2.59. The van der Waals surface area contributed by atoms with Crippen LogP contribution in [0, 0.1) is 5.41 Å². The molecule has 2 saturated heterocycles. The molecule has 2 aromatic rings. The van der Waals surface area contributed by atoms with Crippen LogP contribution in [0.2, 0.25) is 0 Å². The molecule has 4 heterocycles. The molecule has 24 heavy (non-hydrogen) atoms. The van der Waals surface area contributed by atoms with E-state index < -0.39 is 0 Å². The summed E-state index contributed by atoms with van der Waals surface area (Å²) < 4.78 is 1.96. The smallest absolute Gasteiger partial charge is 0.228 e. The average molecular weight is 348 g/mol. The molecule has 4 rings (SSSR count). The molecule has 2 fully saturated rings. The Hall–Kier alpha value is -1.44. The second-order valence-corrected chi connectivity index (χ2v) is 8.20. The van der Waals surface area contributed by atoms with Crippen molar-refractivity contribution in [1.29, 1.82) is 0 Å². The highest BCUT2D eigenvalue weighted by Crippen LogP contribution is 2.38. The van der Waals surface area contributed by atoms with Gasteiger partial charge in [-0.25, -0.2) is 4.98 Å². The summed E-state index contributed by atoms with van der Waals surface area (Å²) in [5.74, 6) is 0.125. The second-order valence-electron chi connectivity index (χ2n) is 7.33. The van der Waals surface area contributed by atoms with E-state index in [0.717, 1.165) is 49.6 Å². The SMILES string of the molecule is CN1CC[C@H](O)[C@@]2(CCCN(C(=O)Cc3cn4ccsc4n3)C2)C1. The molecular weight excluding hydrogens is 324 g/mol. The first-order chi connectivity index (χ1) is 11.6. The van der Waals surface area contributed by atoms with Crippen molar-refractivity contribution in [3.8, 4) is 0 Å². The summed E-state index contributed by atoms with van der Waals surface area (Å²) in [4.78, 5) is 22.4. The molecule has 2 atom stereocenters. The summed E-state index contributed by atoms with van der Waals surface area (Å²) in [5, 5.41) is 12.6. The van der Waals surface area contributed by atoms with E-state index in [1.54, 1.807) is 11.3 Å². The van der Waals surface area contributed by atoms with Crippen LogP contribution in [-0.2, 0) is 11.2 Å². The first-order valence-corrected chi connectivity index (χ1v) is 9.49. The first-order valence-electron chi connectivity index (χ1n) is 8.61. The number of likely N-dealkylation sites (tertiary alicyclic amines) is 2. The van der Waals surface area contributed by atoms with E-state index >= 15 is 0 Å². The third kappa shape index (κ3) is 2.85. The lowest BCUT2D eigenvalue weighted by Gasteiger charge is -2.50. The summed E-state index contributed by atoms with van der Waals surface area (Å²) in [6.07, 6.45) is 6.71. The number of amides is 1. The van der Waals surface area contributed by atoms with E-state index in [-0.39, 0.29) is 17.4 Å². The number of nitrogens with zero attached hydrogens (tertiary/aromatic N) is 4. The van der Waals surface area contributed by atoms with E-state index in [9.17, 15) is 9.90 Å². The molecule has 2 aliphatic heterocycles. The number of hydrogen-bond donors (Lipinski definition) is 1. The predicted molar refractivity (Wildman–Crippen MR) is 93.1 cm³/mol. The number of thiazole rings is 1. The van der Waals surface area contributed by atoms with Gasteiger partial charge in [0.2, 0.25) is 5.91 Å². The number of fused-ring (bicyclic) bond motifs is 1. The molecule has 0 unspecified atom stereocenters. The summed E-state index contributed by atoms with van der Waals surface area (Å²) in [7, 11) is 2.10. The molecule has 6 nitrogen and oxygen atoms in total. The van der Waals surface area contributed by atoms with Gasteiger partial charge in [0.25, 0.3) is 0 Å². The fourth-order valence-corrected chi connectivity index (χ4v) is 4.99. The quantitative estimate of drug-likeness (QED) is 0.887.